The van der Waals surface area contributed by atoms with Gasteiger partial charge in [-0.15, -0.1) is 0 Å². The van der Waals surface area contributed by atoms with Gasteiger partial charge in [-0.3, -0.25) is 4.79 Å². The summed E-state index contributed by atoms with van der Waals surface area (Å²) < 4.78 is 5.67. The molecule has 2 aromatic carbocycles. The number of nitrogens with zero attached hydrogens (tertiary/aromatic N) is 1. The van der Waals surface area contributed by atoms with Crippen LogP contribution in [0.2, 0.25) is 0 Å². The van der Waals surface area contributed by atoms with E-state index in [0.29, 0.717) is 6.42 Å². The number of carboxylic acid groups (broad SMARTS) is 1. The molecular weight excluding hydrogens is 432 g/mol. The minimum absolute atomic E-state index is 0.0334. The Kier molecular flexibility index (Phi) is 7.20. The number of nitrogens with one attached hydrogen (secondary N) is 1. The maximum absolute atomic E-state index is 12.8. The summed E-state index contributed by atoms with van der Waals surface area (Å²) in [7, 11) is 1.51. The molecule has 1 saturated carbocycles. The van der Waals surface area contributed by atoms with Crippen LogP contribution in [-0.2, 0) is 14.3 Å². The van der Waals surface area contributed by atoms with Crippen LogP contribution in [-0.4, -0.2) is 53.7 Å². The Morgan fingerprint density at radius 2 is 1.65 bits per heavy atom. The van der Waals surface area contributed by atoms with E-state index in [-0.39, 0.29) is 36.8 Å². The summed E-state index contributed by atoms with van der Waals surface area (Å²) >= 11 is 0. The number of amides is 2. The Balaban J connectivity index is 1.40. The minimum atomic E-state index is -1.02. The second kappa shape index (κ2) is 10.3. The van der Waals surface area contributed by atoms with Crippen LogP contribution >= 0.6 is 0 Å². The van der Waals surface area contributed by atoms with Crippen LogP contribution in [0.15, 0.2) is 48.5 Å². The molecule has 2 unspecified atom stereocenters. The fourth-order valence-electron chi connectivity index (χ4n) is 5.09. The standard InChI is InChI=1S/C27H32N2O5/c1-3-24(26(31)32)29(2)25(30)15-23(17-9-8-10-17)28-27(33)34-16-22-20-13-6-4-11-18(20)19-12-5-7-14-21(19)22/h4-7,11-14,17,22-24H,3,8-10,15-16H2,1-2H3,(H,28,33)(H,31,32). The van der Waals surface area contributed by atoms with Gasteiger partial charge in [0.25, 0.3) is 0 Å². The molecule has 2 aromatic rings. The van der Waals surface area contributed by atoms with E-state index in [1.165, 1.54) is 11.9 Å². The number of fused-ring (bicyclic) bond motifs is 3. The zero-order valence-electron chi connectivity index (χ0n) is 19.7. The molecule has 0 bridgehead atoms. The number of carbonyl (C=O) groups excluding carboxylic acids is 2. The van der Waals surface area contributed by atoms with Gasteiger partial charge in [0.05, 0.1) is 0 Å². The van der Waals surface area contributed by atoms with Crippen LogP contribution in [0.5, 0.6) is 0 Å². The van der Waals surface area contributed by atoms with Crippen molar-refractivity contribution in [2.24, 2.45) is 5.92 Å². The van der Waals surface area contributed by atoms with E-state index >= 15 is 0 Å². The Labute approximate surface area is 200 Å². The fraction of sp³-hybridized carbons (Fsp3) is 0.444. The van der Waals surface area contributed by atoms with Crippen LogP contribution in [0.25, 0.3) is 11.1 Å². The SMILES string of the molecule is CCC(C(=O)O)N(C)C(=O)CC(NC(=O)OCC1c2ccccc2-c2ccccc21)C1CCC1. The number of aliphatic carboxylic acids is 1. The second-order valence-corrected chi connectivity index (χ2v) is 9.24. The molecule has 2 amide bonds. The predicted octanol–water partition coefficient (Wildman–Crippen LogP) is 4.41. The third kappa shape index (κ3) is 4.79. The maximum Gasteiger partial charge on any atom is 0.407 e. The molecule has 0 spiro atoms. The van der Waals surface area contributed by atoms with E-state index in [4.69, 9.17) is 4.74 Å². The number of hydrogen-bond acceptors (Lipinski definition) is 4. The highest BCUT2D eigenvalue weighted by Gasteiger charge is 2.34. The molecule has 180 valence electrons. The Morgan fingerprint density at radius 1 is 1.06 bits per heavy atom. The number of carboxylic acids is 1. The number of hydrogen-bond donors (Lipinski definition) is 2. The number of ether oxygens (including phenoxy) is 1. The lowest BCUT2D eigenvalue weighted by Crippen LogP contribution is -2.49. The van der Waals surface area contributed by atoms with Crippen LogP contribution in [0.3, 0.4) is 0 Å². The molecule has 0 radical (unpaired) electrons. The van der Waals surface area contributed by atoms with Crippen molar-refractivity contribution in [1.82, 2.24) is 10.2 Å². The molecule has 4 rings (SSSR count). The monoisotopic (exact) mass is 464 g/mol. The first kappa shape index (κ1) is 23.8. The van der Waals surface area contributed by atoms with E-state index in [1.54, 1.807) is 6.92 Å². The summed E-state index contributed by atoms with van der Waals surface area (Å²) in [6.45, 7) is 1.95. The Morgan fingerprint density at radius 3 is 2.15 bits per heavy atom. The van der Waals surface area contributed by atoms with Gasteiger partial charge >= 0.3 is 12.1 Å². The van der Waals surface area contributed by atoms with Gasteiger partial charge in [0.15, 0.2) is 0 Å². The zero-order valence-corrected chi connectivity index (χ0v) is 19.7. The van der Waals surface area contributed by atoms with Gasteiger partial charge in [-0.05, 0) is 47.4 Å². The van der Waals surface area contributed by atoms with Crippen molar-refractivity contribution in [2.75, 3.05) is 13.7 Å². The van der Waals surface area contributed by atoms with Crippen molar-refractivity contribution in [2.45, 2.75) is 57.0 Å². The van der Waals surface area contributed by atoms with Crippen molar-refractivity contribution >= 4 is 18.0 Å². The zero-order chi connectivity index (χ0) is 24.2. The summed E-state index contributed by atoms with van der Waals surface area (Å²) in [6, 6.07) is 15.1. The van der Waals surface area contributed by atoms with Gasteiger partial charge < -0.3 is 20.1 Å². The quantitative estimate of drug-likeness (QED) is 0.573. The molecule has 7 heteroatoms. The van der Waals surface area contributed by atoms with Gasteiger partial charge in [0, 0.05) is 25.4 Å². The van der Waals surface area contributed by atoms with Crippen LogP contribution in [0.4, 0.5) is 4.79 Å². The largest absolute Gasteiger partial charge is 0.480 e. The lowest BCUT2D eigenvalue weighted by atomic mass is 9.78. The number of benzene rings is 2. The van der Waals surface area contributed by atoms with Crippen LogP contribution < -0.4 is 5.32 Å². The molecule has 0 aromatic heterocycles. The average molecular weight is 465 g/mol. The summed E-state index contributed by atoms with van der Waals surface area (Å²) in [5, 5.41) is 12.3. The maximum atomic E-state index is 12.8. The summed E-state index contributed by atoms with van der Waals surface area (Å²) in [5.74, 6) is -1.15. The number of rotatable bonds is 9. The van der Waals surface area contributed by atoms with Gasteiger partial charge in [-0.1, -0.05) is 61.9 Å². The van der Waals surface area contributed by atoms with Gasteiger partial charge in [0.1, 0.15) is 12.6 Å². The highest BCUT2D eigenvalue weighted by molar-refractivity contribution is 5.84. The normalized spacial score (nSPS) is 16.5. The molecule has 1 fully saturated rings. The third-order valence-corrected chi connectivity index (χ3v) is 7.29. The number of alkyl carbamates (subject to hydrolysis) is 1. The topological polar surface area (TPSA) is 95.9 Å². The van der Waals surface area contributed by atoms with E-state index in [9.17, 15) is 19.5 Å². The summed E-state index contributed by atoms with van der Waals surface area (Å²) in [6.07, 6.45) is 2.77. The van der Waals surface area contributed by atoms with Crippen molar-refractivity contribution in [3.8, 4) is 11.1 Å². The van der Waals surface area contributed by atoms with Gasteiger partial charge in [-0.25, -0.2) is 9.59 Å². The van der Waals surface area contributed by atoms with E-state index in [0.717, 1.165) is 41.5 Å². The van der Waals surface area contributed by atoms with E-state index < -0.39 is 18.1 Å². The van der Waals surface area contributed by atoms with Crippen molar-refractivity contribution in [3.05, 3.63) is 59.7 Å². The third-order valence-electron chi connectivity index (χ3n) is 7.29. The van der Waals surface area contributed by atoms with Crippen molar-refractivity contribution in [3.63, 3.8) is 0 Å². The first-order valence-electron chi connectivity index (χ1n) is 12.0. The highest BCUT2D eigenvalue weighted by atomic mass is 16.5. The van der Waals surface area contributed by atoms with Crippen molar-refractivity contribution < 1.29 is 24.2 Å². The molecule has 2 N–H and O–H groups in total. The molecule has 7 nitrogen and oxygen atoms in total. The Hall–Kier alpha value is -3.35. The van der Waals surface area contributed by atoms with E-state index in [1.807, 2.05) is 24.3 Å². The lowest BCUT2D eigenvalue weighted by Gasteiger charge is -2.35. The lowest BCUT2D eigenvalue weighted by molar-refractivity contribution is -0.149. The van der Waals surface area contributed by atoms with Gasteiger partial charge in [-0.2, -0.15) is 0 Å². The molecule has 2 aliphatic carbocycles. The molecule has 34 heavy (non-hydrogen) atoms. The minimum Gasteiger partial charge on any atom is -0.480 e. The highest BCUT2D eigenvalue weighted by Crippen LogP contribution is 2.44. The number of likely N-dealkylation sites (N-methyl/N-ethyl adjacent to an activating group) is 1. The first-order valence-corrected chi connectivity index (χ1v) is 12.0. The predicted molar refractivity (Wildman–Crippen MR) is 128 cm³/mol. The smallest absolute Gasteiger partial charge is 0.407 e. The van der Waals surface area contributed by atoms with Gasteiger partial charge in [0.2, 0.25) is 5.91 Å². The van der Waals surface area contributed by atoms with Crippen LogP contribution in [0.1, 0.15) is 56.1 Å². The Bertz CT molecular complexity index is 1020. The van der Waals surface area contributed by atoms with Crippen LogP contribution in [0, 0.1) is 5.92 Å². The molecule has 0 heterocycles. The molecule has 2 aliphatic rings. The van der Waals surface area contributed by atoms with Crippen molar-refractivity contribution in [1.29, 1.82) is 0 Å². The summed E-state index contributed by atoms with van der Waals surface area (Å²) in [4.78, 5) is 38.3. The summed E-state index contributed by atoms with van der Waals surface area (Å²) in [5.41, 5.74) is 4.61. The molecule has 0 saturated heterocycles. The number of carbonyl (C=O) groups is 3. The average Bonchev–Trinajstić information content (AvgIpc) is 3.10. The second-order valence-electron chi connectivity index (χ2n) is 9.24. The molecule has 0 aliphatic heterocycles. The molecule has 2 atom stereocenters. The van der Waals surface area contributed by atoms with E-state index in [2.05, 4.69) is 29.6 Å². The molecular formula is C27H32N2O5. The fourth-order valence-corrected chi connectivity index (χ4v) is 5.09. The first-order chi connectivity index (χ1) is 16.4.